The summed E-state index contributed by atoms with van der Waals surface area (Å²) >= 11 is 0. The van der Waals surface area contributed by atoms with E-state index in [2.05, 4.69) is 35.8 Å². The summed E-state index contributed by atoms with van der Waals surface area (Å²) in [4.78, 5) is 19.4. The minimum atomic E-state index is -0.0660. The third-order valence-corrected chi connectivity index (χ3v) is 5.50. The van der Waals surface area contributed by atoms with Crippen molar-refractivity contribution in [3.63, 3.8) is 0 Å². The quantitative estimate of drug-likeness (QED) is 0.843. The van der Waals surface area contributed by atoms with Gasteiger partial charge in [0.25, 0.3) is 5.56 Å². The van der Waals surface area contributed by atoms with E-state index in [-0.39, 0.29) is 11.0 Å². The maximum absolute atomic E-state index is 12.3. The Labute approximate surface area is 154 Å². The highest BCUT2D eigenvalue weighted by molar-refractivity contribution is 5.15. The Morgan fingerprint density at radius 1 is 1.23 bits per heavy atom. The summed E-state index contributed by atoms with van der Waals surface area (Å²) in [7, 11) is 0. The Kier molecular flexibility index (Phi) is 4.47. The van der Waals surface area contributed by atoms with Gasteiger partial charge < -0.3 is 4.42 Å². The fraction of sp³-hybridized carbons (Fsp3) is 0.650. The predicted molar refractivity (Wildman–Crippen MR) is 99.2 cm³/mol. The second kappa shape index (κ2) is 6.65. The largest absolute Gasteiger partial charge is 0.444 e. The van der Waals surface area contributed by atoms with Crippen molar-refractivity contribution in [1.29, 1.82) is 0 Å². The number of aromatic nitrogens is 3. The van der Waals surface area contributed by atoms with E-state index in [1.165, 1.54) is 0 Å². The van der Waals surface area contributed by atoms with Crippen LogP contribution in [0.15, 0.2) is 21.3 Å². The minimum Gasteiger partial charge on any atom is -0.444 e. The van der Waals surface area contributed by atoms with E-state index in [4.69, 9.17) is 4.42 Å². The third-order valence-electron chi connectivity index (χ3n) is 5.50. The van der Waals surface area contributed by atoms with Crippen molar-refractivity contribution < 1.29 is 4.42 Å². The number of aryl methyl sites for hydroxylation is 2. The summed E-state index contributed by atoms with van der Waals surface area (Å²) in [5.74, 6) is 1.90. The summed E-state index contributed by atoms with van der Waals surface area (Å²) < 4.78 is 7.58. The first-order chi connectivity index (χ1) is 12.4. The van der Waals surface area contributed by atoms with Gasteiger partial charge in [0.15, 0.2) is 0 Å². The fourth-order valence-corrected chi connectivity index (χ4v) is 3.97. The molecule has 1 aliphatic carbocycles. The highest BCUT2D eigenvalue weighted by atomic mass is 16.4. The second-order valence-corrected chi connectivity index (χ2v) is 8.59. The summed E-state index contributed by atoms with van der Waals surface area (Å²) in [6.07, 6.45) is 5.44. The Morgan fingerprint density at radius 2 is 2.08 bits per heavy atom. The molecule has 6 heteroatoms. The number of oxazole rings is 1. The smallest absolute Gasteiger partial charge is 0.266 e. The molecule has 0 saturated carbocycles. The predicted octanol–water partition coefficient (Wildman–Crippen LogP) is 2.68. The minimum absolute atomic E-state index is 0.0278. The van der Waals surface area contributed by atoms with Crippen LogP contribution in [0.5, 0.6) is 0 Å². The first-order valence-electron chi connectivity index (χ1n) is 9.70. The van der Waals surface area contributed by atoms with Crippen molar-refractivity contribution in [3.05, 3.63) is 45.5 Å². The standard InChI is InChI=1S/C20H28N4O2/c1-20(2,3)17-9-10-19(25)24(22-17)12-14-6-5-11-23(14)13-18-21-15-7-4-8-16(15)26-18/h9-10,14H,4-8,11-13H2,1-3H3. The Morgan fingerprint density at radius 3 is 2.85 bits per heavy atom. The molecule has 140 valence electrons. The molecule has 6 nitrogen and oxygen atoms in total. The molecule has 0 aromatic carbocycles. The van der Waals surface area contributed by atoms with Crippen molar-refractivity contribution in [2.45, 2.75) is 77.4 Å². The normalized spacial score (nSPS) is 20.7. The molecule has 1 atom stereocenters. The van der Waals surface area contributed by atoms with Crippen LogP contribution in [-0.4, -0.2) is 32.3 Å². The van der Waals surface area contributed by atoms with Crippen LogP contribution in [0.1, 0.15) is 63.1 Å². The van der Waals surface area contributed by atoms with Gasteiger partial charge in [-0.3, -0.25) is 9.69 Å². The zero-order valence-corrected chi connectivity index (χ0v) is 16.0. The molecule has 1 saturated heterocycles. The third kappa shape index (κ3) is 3.47. The van der Waals surface area contributed by atoms with Crippen LogP contribution >= 0.6 is 0 Å². The SMILES string of the molecule is CC(C)(C)c1ccc(=O)n(CC2CCCN2Cc2nc3c(o2)CCC3)n1. The molecule has 1 fully saturated rings. The van der Waals surface area contributed by atoms with Gasteiger partial charge in [-0.25, -0.2) is 9.67 Å². The maximum atomic E-state index is 12.3. The van der Waals surface area contributed by atoms with E-state index in [0.29, 0.717) is 12.6 Å². The average molecular weight is 356 g/mol. The van der Waals surface area contributed by atoms with Gasteiger partial charge in [-0.2, -0.15) is 5.10 Å². The Bertz CT molecular complexity index is 825. The van der Waals surface area contributed by atoms with Gasteiger partial charge in [-0.1, -0.05) is 20.8 Å². The van der Waals surface area contributed by atoms with Crippen molar-refractivity contribution >= 4 is 0 Å². The van der Waals surface area contributed by atoms with E-state index < -0.39 is 0 Å². The van der Waals surface area contributed by atoms with E-state index in [1.54, 1.807) is 10.7 Å². The first-order valence-corrected chi connectivity index (χ1v) is 9.70. The van der Waals surface area contributed by atoms with Crippen molar-refractivity contribution in [3.8, 4) is 0 Å². The lowest BCUT2D eigenvalue weighted by Crippen LogP contribution is -2.37. The van der Waals surface area contributed by atoms with Gasteiger partial charge in [0.05, 0.1) is 24.5 Å². The van der Waals surface area contributed by atoms with Crippen molar-refractivity contribution in [2.24, 2.45) is 0 Å². The van der Waals surface area contributed by atoms with E-state index >= 15 is 0 Å². The molecule has 2 aromatic heterocycles. The summed E-state index contributed by atoms with van der Waals surface area (Å²) in [6.45, 7) is 8.73. The molecule has 2 aliphatic rings. The lowest BCUT2D eigenvalue weighted by atomic mass is 9.92. The lowest BCUT2D eigenvalue weighted by Gasteiger charge is -2.24. The van der Waals surface area contributed by atoms with Gasteiger partial charge >= 0.3 is 0 Å². The highest BCUT2D eigenvalue weighted by Crippen LogP contribution is 2.26. The van der Waals surface area contributed by atoms with Gasteiger partial charge in [-0.05, 0) is 38.3 Å². The van der Waals surface area contributed by atoms with E-state index in [9.17, 15) is 4.79 Å². The highest BCUT2D eigenvalue weighted by Gasteiger charge is 2.28. The number of rotatable bonds is 4. The average Bonchev–Trinajstić information content (AvgIpc) is 3.26. The molecule has 0 N–H and O–H groups in total. The van der Waals surface area contributed by atoms with Crippen molar-refractivity contribution in [1.82, 2.24) is 19.7 Å². The fourth-order valence-electron chi connectivity index (χ4n) is 3.97. The van der Waals surface area contributed by atoms with E-state index in [1.807, 2.05) is 6.07 Å². The molecule has 2 aromatic rings. The van der Waals surface area contributed by atoms with E-state index in [0.717, 1.165) is 68.2 Å². The number of hydrogen-bond acceptors (Lipinski definition) is 5. The van der Waals surface area contributed by atoms with Crippen LogP contribution < -0.4 is 5.56 Å². The number of hydrogen-bond donors (Lipinski definition) is 0. The summed E-state index contributed by atoms with van der Waals surface area (Å²) in [5, 5.41) is 4.63. The molecule has 0 bridgehead atoms. The number of likely N-dealkylation sites (tertiary alicyclic amines) is 1. The van der Waals surface area contributed by atoms with Crippen LogP contribution in [0.4, 0.5) is 0 Å². The van der Waals surface area contributed by atoms with Crippen LogP contribution in [0.25, 0.3) is 0 Å². The van der Waals surface area contributed by atoms with Crippen molar-refractivity contribution in [2.75, 3.05) is 6.54 Å². The first kappa shape index (κ1) is 17.5. The summed E-state index contributed by atoms with van der Waals surface area (Å²) in [6, 6.07) is 3.79. The molecule has 1 unspecified atom stereocenters. The summed E-state index contributed by atoms with van der Waals surface area (Å²) in [5.41, 5.74) is 2.00. The molecular formula is C20H28N4O2. The molecular weight excluding hydrogens is 328 g/mol. The van der Waals surface area contributed by atoms with Crippen LogP contribution in [0.3, 0.4) is 0 Å². The number of nitrogens with zero attached hydrogens (tertiary/aromatic N) is 4. The molecule has 0 amide bonds. The van der Waals surface area contributed by atoms with Gasteiger partial charge in [0, 0.05) is 23.9 Å². The zero-order valence-electron chi connectivity index (χ0n) is 16.0. The molecule has 26 heavy (non-hydrogen) atoms. The zero-order chi connectivity index (χ0) is 18.3. The molecule has 1 aliphatic heterocycles. The van der Waals surface area contributed by atoms with Gasteiger partial charge in [0.2, 0.25) is 5.89 Å². The molecule has 3 heterocycles. The van der Waals surface area contributed by atoms with Crippen LogP contribution in [-0.2, 0) is 31.3 Å². The molecule has 0 radical (unpaired) electrons. The second-order valence-electron chi connectivity index (χ2n) is 8.59. The molecule has 0 spiro atoms. The van der Waals surface area contributed by atoms with Crippen LogP contribution in [0, 0.1) is 0 Å². The Hall–Kier alpha value is -1.95. The van der Waals surface area contributed by atoms with Gasteiger partial charge in [-0.15, -0.1) is 0 Å². The maximum Gasteiger partial charge on any atom is 0.266 e. The van der Waals surface area contributed by atoms with Gasteiger partial charge in [0.1, 0.15) is 5.76 Å². The number of fused-ring (bicyclic) bond motifs is 1. The van der Waals surface area contributed by atoms with Crippen LogP contribution in [0.2, 0.25) is 0 Å². The Balaban J connectivity index is 1.49. The lowest BCUT2D eigenvalue weighted by molar-refractivity contribution is 0.195. The monoisotopic (exact) mass is 356 g/mol. The molecule has 4 rings (SSSR count). The topological polar surface area (TPSA) is 64.2 Å².